The second kappa shape index (κ2) is 6.83. The molecule has 18 heavy (non-hydrogen) atoms. The van der Waals surface area contributed by atoms with Gasteiger partial charge in [0, 0.05) is 18.7 Å². The van der Waals surface area contributed by atoms with Gasteiger partial charge in [0.1, 0.15) is 5.82 Å². The summed E-state index contributed by atoms with van der Waals surface area (Å²) in [7, 11) is 0. The van der Waals surface area contributed by atoms with Gasteiger partial charge in [0.25, 0.3) is 0 Å². The molecule has 1 aromatic rings. The van der Waals surface area contributed by atoms with Crippen LogP contribution in [0.3, 0.4) is 0 Å². The van der Waals surface area contributed by atoms with E-state index >= 15 is 0 Å². The number of hydrogen-bond acceptors (Lipinski definition) is 3. The van der Waals surface area contributed by atoms with Crippen LogP contribution in [0.5, 0.6) is 0 Å². The fourth-order valence-electron chi connectivity index (χ4n) is 2.18. The van der Waals surface area contributed by atoms with Crippen LogP contribution in [0.25, 0.3) is 0 Å². The predicted octanol–water partition coefficient (Wildman–Crippen LogP) is 2.41. The Bertz CT molecular complexity index is 367. The third-order valence-corrected chi connectivity index (χ3v) is 3.22. The van der Waals surface area contributed by atoms with Crippen molar-refractivity contribution in [2.75, 3.05) is 19.8 Å². The van der Waals surface area contributed by atoms with Crippen LogP contribution in [0.4, 0.5) is 4.39 Å². The standard InChI is InChI=1S/C14H20FNO2/c15-13-7-2-1-6-12(13)14(9-16)18-10-11-5-3-4-8-17-11/h1-2,6-7,11,14H,3-5,8-10,16H2. The molecule has 1 fully saturated rings. The first-order valence-electron chi connectivity index (χ1n) is 6.49. The van der Waals surface area contributed by atoms with Gasteiger partial charge in [-0.3, -0.25) is 0 Å². The Morgan fingerprint density at radius 1 is 1.39 bits per heavy atom. The zero-order valence-electron chi connectivity index (χ0n) is 10.5. The van der Waals surface area contributed by atoms with Crippen LogP contribution < -0.4 is 5.73 Å². The van der Waals surface area contributed by atoms with E-state index in [9.17, 15) is 4.39 Å². The van der Waals surface area contributed by atoms with Crippen LogP contribution in [0.2, 0.25) is 0 Å². The summed E-state index contributed by atoms with van der Waals surface area (Å²) in [6.07, 6.45) is 3.02. The van der Waals surface area contributed by atoms with Gasteiger partial charge in [0.05, 0.1) is 18.8 Å². The lowest BCUT2D eigenvalue weighted by Crippen LogP contribution is -2.27. The van der Waals surface area contributed by atoms with Crippen molar-refractivity contribution in [3.05, 3.63) is 35.6 Å². The molecular weight excluding hydrogens is 233 g/mol. The first-order chi connectivity index (χ1) is 8.81. The maximum atomic E-state index is 13.6. The maximum Gasteiger partial charge on any atom is 0.129 e. The van der Waals surface area contributed by atoms with Gasteiger partial charge in [-0.15, -0.1) is 0 Å². The van der Waals surface area contributed by atoms with E-state index in [0.717, 1.165) is 19.4 Å². The molecule has 1 heterocycles. The lowest BCUT2D eigenvalue weighted by molar-refractivity contribution is -0.0624. The second-order valence-corrected chi connectivity index (χ2v) is 4.57. The molecule has 1 aromatic carbocycles. The Morgan fingerprint density at radius 2 is 2.22 bits per heavy atom. The second-order valence-electron chi connectivity index (χ2n) is 4.57. The van der Waals surface area contributed by atoms with Crippen LogP contribution >= 0.6 is 0 Å². The first kappa shape index (κ1) is 13.5. The van der Waals surface area contributed by atoms with Crippen LogP contribution in [-0.4, -0.2) is 25.9 Å². The molecule has 2 N–H and O–H groups in total. The Hall–Kier alpha value is -0.970. The number of benzene rings is 1. The molecule has 2 rings (SSSR count). The molecule has 2 atom stereocenters. The fraction of sp³-hybridized carbons (Fsp3) is 0.571. The van der Waals surface area contributed by atoms with Gasteiger partial charge >= 0.3 is 0 Å². The Labute approximate surface area is 107 Å². The minimum atomic E-state index is -0.392. The smallest absolute Gasteiger partial charge is 0.129 e. The summed E-state index contributed by atoms with van der Waals surface area (Å²) in [6, 6.07) is 6.60. The van der Waals surface area contributed by atoms with Gasteiger partial charge in [0.15, 0.2) is 0 Å². The van der Waals surface area contributed by atoms with Crippen LogP contribution in [0.15, 0.2) is 24.3 Å². The summed E-state index contributed by atoms with van der Waals surface area (Å²) in [5.74, 6) is -0.266. The predicted molar refractivity (Wildman–Crippen MR) is 67.7 cm³/mol. The lowest BCUT2D eigenvalue weighted by atomic mass is 10.1. The van der Waals surface area contributed by atoms with Crippen LogP contribution in [-0.2, 0) is 9.47 Å². The molecule has 0 saturated carbocycles. The molecular formula is C14H20FNO2. The Balaban J connectivity index is 1.91. The number of nitrogens with two attached hydrogens (primary N) is 1. The molecule has 2 unspecified atom stereocenters. The largest absolute Gasteiger partial charge is 0.376 e. The van der Waals surface area contributed by atoms with Crippen molar-refractivity contribution >= 4 is 0 Å². The highest BCUT2D eigenvalue weighted by Crippen LogP contribution is 2.21. The zero-order chi connectivity index (χ0) is 12.8. The quantitative estimate of drug-likeness (QED) is 0.876. The van der Waals surface area contributed by atoms with Crippen molar-refractivity contribution in [1.29, 1.82) is 0 Å². The van der Waals surface area contributed by atoms with Gasteiger partial charge in [0.2, 0.25) is 0 Å². The summed E-state index contributed by atoms with van der Waals surface area (Å²) in [5, 5.41) is 0. The molecule has 0 radical (unpaired) electrons. The summed E-state index contributed by atoms with van der Waals surface area (Å²) < 4.78 is 24.9. The third kappa shape index (κ3) is 3.51. The number of ether oxygens (including phenoxy) is 2. The third-order valence-electron chi connectivity index (χ3n) is 3.22. The maximum absolute atomic E-state index is 13.6. The van der Waals surface area contributed by atoms with E-state index in [4.69, 9.17) is 15.2 Å². The van der Waals surface area contributed by atoms with Crippen molar-refractivity contribution < 1.29 is 13.9 Å². The molecule has 0 aromatic heterocycles. The van der Waals surface area contributed by atoms with Gasteiger partial charge in [-0.25, -0.2) is 4.39 Å². The monoisotopic (exact) mass is 253 g/mol. The molecule has 1 saturated heterocycles. The number of rotatable bonds is 5. The fourth-order valence-corrected chi connectivity index (χ4v) is 2.18. The van der Waals surface area contributed by atoms with E-state index in [2.05, 4.69) is 0 Å². The molecule has 0 bridgehead atoms. The van der Waals surface area contributed by atoms with Crippen LogP contribution in [0.1, 0.15) is 30.9 Å². The van der Waals surface area contributed by atoms with Gasteiger partial charge in [-0.2, -0.15) is 0 Å². The first-order valence-corrected chi connectivity index (χ1v) is 6.49. The van der Waals surface area contributed by atoms with E-state index in [1.807, 2.05) is 0 Å². The van der Waals surface area contributed by atoms with Crippen LogP contribution in [0, 0.1) is 5.82 Å². The minimum Gasteiger partial charge on any atom is -0.376 e. The van der Waals surface area contributed by atoms with Gasteiger partial charge in [-0.1, -0.05) is 18.2 Å². The summed E-state index contributed by atoms with van der Waals surface area (Å²) in [6.45, 7) is 1.55. The molecule has 0 spiro atoms. The molecule has 3 nitrogen and oxygen atoms in total. The molecule has 1 aliphatic rings. The topological polar surface area (TPSA) is 44.5 Å². The lowest BCUT2D eigenvalue weighted by Gasteiger charge is -2.25. The van der Waals surface area contributed by atoms with E-state index in [1.165, 1.54) is 12.5 Å². The highest BCUT2D eigenvalue weighted by molar-refractivity contribution is 5.20. The molecule has 0 amide bonds. The summed E-state index contributed by atoms with van der Waals surface area (Å²) >= 11 is 0. The average Bonchev–Trinajstić information content (AvgIpc) is 2.42. The number of halogens is 1. The number of hydrogen-bond donors (Lipinski definition) is 1. The molecule has 0 aliphatic carbocycles. The summed E-state index contributed by atoms with van der Waals surface area (Å²) in [5.41, 5.74) is 6.18. The highest BCUT2D eigenvalue weighted by atomic mass is 19.1. The normalized spacial score (nSPS) is 21.8. The minimum absolute atomic E-state index is 0.125. The average molecular weight is 253 g/mol. The van der Waals surface area contributed by atoms with E-state index in [0.29, 0.717) is 12.2 Å². The SMILES string of the molecule is NCC(OCC1CCCCO1)c1ccccc1F. The molecule has 100 valence electrons. The van der Waals surface area contributed by atoms with E-state index in [-0.39, 0.29) is 18.5 Å². The van der Waals surface area contributed by atoms with Gasteiger partial charge < -0.3 is 15.2 Å². The Morgan fingerprint density at radius 3 is 2.89 bits per heavy atom. The summed E-state index contributed by atoms with van der Waals surface area (Å²) in [4.78, 5) is 0. The van der Waals surface area contributed by atoms with E-state index in [1.54, 1.807) is 18.2 Å². The van der Waals surface area contributed by atoms with Crippen molar-refractivity contribution in [1.82, 2.24) is 0 Å². The van der Waals surface area contributed by atoms with Crippen molar-refractivity contribution in [3.63, 3.8) is 0 Å². The molecule has 4 heteroatoms. The Kier molecular flexibility index (Phi) is 5.11. The van der Waals surface area contributed by atoms with Crippen molar-refractivity contribution in [2.45, 2.75) is 31.5 Å². The zero-order valence-corrected chi connectivity index (χ0v) is 10.5. The molecule has 1 aliphatic heterocycles. The van der Waals surface area contributed by atoms with Gasteiger partial charge in [-0.05, 0) is 25.3 Å². The van der Waals surface area contributed by atoms with Crippen molar-refractivity contribution in [2.24, 2.45) is 5.73 Å². The highest BCUT2D eigenvalue weighted by Gasteiger charge is 2.19. The van der Waals surface area contributed by atoms with Crippen molar-refractivity contribution in [3.8, 4) is 0 Å². The van der Waals surface area contributed by atoms with E-state index < -0.39 is 6.10 Å².